The molecule has 2 amide bonds. The van der Waals surface area contributed by atoms with Crippen LogP contribution in [0.3, 0.4) is 0 Å². The predicted molar refractivity (Wildman–Crippen MR) is 72.7 cm³/mol. The molecule has 0 unspecified atom stereocenters. The number of aliphatic carboxylic acids is 1. The van der Waals surface area contributed by atoms with Crippen LogP contribution in [0.5, 0.6) is 5.75 Å². The zero-order chi connectivity index (χ0) is 15.1. The van der Waals surface area contributed by atoms with Crippen LogP contribution in [0.1, 0.15) is 6.92 Å². The van der Waals surface area contributed by atoms with Crippen molar-refractivity contribution in [2.24, 2.45) is 0 Å². The fourth-order valence-electron chi connectivity index (χ4n) is 1.41. The monoisotopic (exact) mass is 278 g/mol. The molecule has 0 fully saturated rings. The number of carbonyl (C=O) groups is 3. The lowest BCUT2D eigenvalue weighted by Gasteiger charge is -2.11. The maximum atomic E-state index is 11.5. The Labute approximate surface area is 115 Å². The van der Waals surface area contributed by atoms with Gasteiger partial charge in [0.25, 0.3) is 0 Å². The molecule has 0 aliphatic rings. The molecule has 1 aromatic carbocycles. The van der Waals surface area contributed by atoms with Gasteiger partial charge >= 0.3 is 5.97 Å². The number of carboxylic acids is 1. The summed E-state index contributed by atoms with van der Waals surface area (Å²) in [7, 11) is 1.43. The average Bonchev–Trinajstić information content (AvgIpc) is 2.36. The van der Waals surface area contributed by atoms with E-state index in [1.54, 1.807) is 12.1 Å². The van der Waals surface area contributed by atoms with Crippen LogP contribution in [0, 0.1) is 0 Å². The van der Waals surface area contributed by atoms with Crippen LogP contribution >= 0.6 is 0 Å². The number of methoxy groups -OCH3 is 1. The minimum atomic E-state index is -1.22. The minimum Gasteiger partial charge on any atom is -0.495 e. The van der Waals surface area contributed by atoms with Gasteiger partial charge in [-0.25, -0.2) is 4.79 Å². The molecule has 0 aromatic heterocycles. The molecule has 0 saturated carbocycles. The van der Waals surface area contributed by atoms with Gasteiger partial charge in [-0.15, -0.1) is 0 Å². The van der Waals surface area contributed by atoms with E-state index in [0.29, 0.717) is 17.1 Å². The van der Waals surface area contributed by atoms with Crippen LogP contribution in [-0.4, -0.2) is 30.0 Å². The van der Waals surface area contributed by atoms with E-state index >= 15 is 0 Å². The first-order valence-corrected chi connectivity index (χ1v) is 5.60. The van der Waals surface area contributed by atoms with E-state index in [1.807, 2.05) is 0 Å². The van der Waals surface area contributed by atoms with Gasteiger partial charge in [0.05, 0.1) is 12.8 Å². The van der Waals surface area contributed by atoms with Gasteiger partial charge in [0, 0.05) is 24.8 Å². The van der Waals surface area contributed by atoms with E-state index in [4.69, 9.17) is 9.84 Å². The molecule has 0 spiro atoms. The molecule has 1 aromatic rings. The number of rotatable bonds is 5. The lowest BCUT2D eigenvalue weighted by molar-refractivity contribution is -0.131. The predicted octanol–water partition coefficient (Wildman–Crippen LogP) is 1.23. The zero-order valence-corrected chi connectivity index (χ0v) is 11.0. The molecule has 1 rings (SSSR count). The second kappa shape index (κ2) is 6.93. The highest BCUT2D eigenvalue weighted by molar-refractivity contribution is 6.03. The molecule has 0 bridgehead atoms. The Morgan fingerprint density at radius 3 is 2.45 bits per heavy atom. The summed E-state index contributed by atoms with van der Waals surface area (Å²) >= 11 is 0. The van der Waals surface area contributed by atoms with E-state index in [1.165, 1.54) is 20.1 Å². The third-order valence-electron chi connectivity index (χ3n) is 2.16. The molecule has 20 heavy (non-hydrogen) atoms. The number of carbonyl (C=O) groups excluding carboxylic acids is 2. The Bertz CT molecular complexity index is 566. The number of nitrogens with one attached hydrogen (secondary N) is 2. The second-order valence-corrected chi connectivity index (χ2v) is 3.76. The maximum Gasteiger partial charge on any atom is 0.328 e. The van der Waals surface area contributed by atoms with Crippen molar-refractivity contribution in [3.8, 4) is 5.75 Å². The lowest BCUT2D eigenvalue weighted by atomic mass is 10.2. The largest absolute Gasteiger partial charge is 0.495 e. The van der Waals surface area contributed by atoms with Crippen LogP contribution in [0.4, 0.5) is 11.4 Å². The van der Waals surface area contributed by atoms with E-state index < -0.39 is 11.9 Å². The van der Waals surface area contributed by atoms with Gasteiger partial charge in [-0.1, -0.05) is 0 Å². The van der Waals surface area contributed by atoms with Crippen LogP contribution < -0.4 is 15.4 Å². The van der Waals surface area contributed by atoms with Crippen molar-refractivity contribution in [1.29, 1.82) is 0 Å². The summed E-state index contributed by atoms with van der Waals surface area (Å²) in [6.45, 7) is 1.36. The fraction of sp³-hybridized carbons (Fsp3) is 0.154. The fourth-order valence-corrected chi connectivity index (χ4v) is 1.41. The number of amides is 2. The van der Waals surface area contributed by atoms with Gasteiger partial charge in [0.15, 0.2) is 0 Å². The first-order chi connectivity index (χ1) is 9.42. The summed E-state index contributed by atoms with van der Waals surface area (Å²) in [5, 5.41) is 13.5. The van der Waals surface area contributed by atoms with E-state index in [2.05, 4.69) is 10.6 Å². The van der Waals surface area contributed by atoms with Crippen LogP contribution in [0.2, 0.25) is 0 Å². The van der Waals surface area contributed by atoms with Gasteiger partial charge in [0.2, 0.25) is 11.8 Å². The summed E-state index contributed by atoms with van der Waals surface area (Å²) in [5.74, 6) is -1.71. The number of ether oxygens (including phenoxy) is 1. The van der Waals surface area contributed by atoms with E-state index in [-0.39, 0.29) is 5.91 Å². The molecular formula is C13H14N2O5. The molecule has 106 valence electrons. The topological polar surface area (TPSA) is 105 Å². The molecular weight excluding hydrogens is 264 g/mol. The Morgan fingerprint density at radius 1 is 1.20 bits per heavy atom. The highest BCUT2D eigenvalue weighted by atomic mass is 16.5. The van der Waals surface area contributed by atoms with Gasteiger partial charge < -0.3 is 20.5 Å². The molecule has 0 aliphatic heterocycles. The van der Waals surface area contributed by atoms with Crippen molar-refractivity contribution >= 4 is 29.2 Å². The van der Waals surface area contributed by atoms with Crippen LogP contribution in [0.25, 0.3) is 0 Å². The Hall–Kier alpha value is -2.83. The Balaban J connectivity index is 2.93. The SMILES string of the molecule is COc1ccc(NC(C)=O)cc1NC(=O)/C=C/C(=O)O. The van der Waals surface area contributed by atoms with Crippen molar-refractivity contribution in [3.63, 3.8) is 0 Å². The molecule has 3 N–H and O–H groups in total. The van der Waals surface area contributed by atoms with Crippen molar-refractivity contribution in [3.05, 3.63) is 30.4 Å². The molecule has 0 atom stereocenters. The van der Waals surface area contributed by atoms with Gasteiger partial charge in [-0.05, 0) is 18.2 Å². The summed E-state index contributed by atoms with van der Waals surface area (Å²) < 4.78 is 5.06. The Morgan fingerprint density at radius 2 is 1.90 bits per heavy atom. The van der Waals surface area contributed by atoms with Gasteiger partial charge in [0.1, 0.15) is 5.75 Å². The third-order valence-corrected chi connectivity index (χ3v) is 2.16. The third kappa shape index (κ3) is 4.81. The number of benzene rings is 1. The highest BCUT2D eigenvalue weighted by Crippen LogP contribution is 2.27. The second-order valence-electron chi connectivity index (χ2n) is 3.76. The average molecular weight is 278 g/mol. The molecule has 0 aliphatic carbocycles. The van der Waals surface area contributed by atoms with Gasteiger partial charge in [-0.2, -0.15) is 0 Å². The Kier molecular flexibility index (Phi) is 5.28. The normalized spacial score (nSPS) is 10.1. The lowest BCUT2D eigenvalue weighted by Crippen LogP contribution is -2.11. The highest BCUT2D eigenvalue weighted by Gasteiger charge is 2.08. The smallest absolute Gasteiger partial charge is 0.328 e. The maximum absolute atomic E-state index is 11.5. The number of hydrogen-bond acceptors (Lipinski definition) is 4. The van der Waals surface area contributed by atoms with Gasteiger partial charge in [-0.3, -0.25) is 9.59 Å². The summed E-state index contributed by atoms with van der Waals surface area (Å²) in [6, 6.07) is 4.69. The van der Waals surface area contributed by atoms with Crippen LogP contribution in [0.15, 0.2) is 30.4 Å². The number of carboxylic acid groups (broad SMARTS) is 1. The number of anilines is 2. The molecule has 0 radical (unpaired) electrons. The minimum absolute atomic E-state index is 0.252. The van der Waals surface area contributed by atoms with Crippen molar-refractivity contribution in [2.45, 2.75) is 6.92 Å². The summed E-state index contributed by atoms with van der Waals surface area (Å²) in [5.41, 5.74) is 0.801. The summed E-state index contributed by atoms with van der Waals surface area (Å²) in [6.07, 6.45) is 1.60. The van der Waals surface area contributed by atoms with Crippen molar-refractivity contribution < 1.29 is 24.2 Å². The van der Waals surface area contributed by atoms with Crippen molar-refractivity contribution in [1.82, 2.24) is 0 Å². The summed E-state index contributed by atoms with van der Waals surface area (Å²) in [4.78, 5) is 32.8. The standard InChI is InChI=1S/C13H14N2O5/c1-8(16)14-9-3-4-11(20-2)10(7-9)15-12(17)5-6-13(18)19/h3-7H,1-2H3,(H,14,16)(H,15,17)(H,18,19)/b6-5+. The molecule has 7 heteroatoms. The van der Waals surface area contributed by atoms with Crippen LogP contribution in [-0.2, 0) is 14.4 Å². The van der Waals surface area contributed by atoms with E-state index in [0.717, 1.165) is 12.2 Å². The number of hydrogen-bond donors (Lipinski definition) is 3. The quantitative estimate of drug-likeness (QED) is 0.703. The van der Waals surface area contributed by atoms with E-state index in [9.17, 15) is 14.4 Å². The molecule has 0 heterocycles. The first kappa shape index (κ1) is 15.2. The first-order valence-electron chi connectivity index (χ1n) is 5.60. The zero-order valence-electron chi connectivity index (χ0n) is 11.0. The molecule has 0 saturated heterocycles. The molecule has 7 nitrogen and oxygen atoms in total. The van der Waals surface area contributed by atoms with Crippen molar-refractivity contribution in [2.75, 3.05) is 17.7 Å².